The van der Waals surface area contributed by atoms with Crippen LogP contribution in [-0.2, 0) is 11.3 Å². The van der Waals surface area contributed by atoms with Crippen molar-refractivity contribution in [3.8, 4) is 0 Å². The predicted octanol–water partition coefficient (Wildman–Crippen LogP) is 2.26. The quantitative estimate of drug-likeness (QED) is 0.380. The van der Waals surface area contributed by atoms with Gasteiger partial charge in [0, 0.05) is 12.1 Å². The maximum absolute atomic E-state index is 11.7. The van der Waals surface area contributed by atoms with Crippen LogP contribution in [0.1, 0.15) is 29.8 Å². The molecule has 0 bridgehead atoms. The zero-order valence-corrected chi connectivity index (χ0v) is 14.5. The fraction of sp³-hybridized carbons (Fsp3) is 0.333. The van der Waals surface area contributed by atoms with E-state index in [9.17, 15) is 14.8 Å². The average Bonchev–Trinajstić information content (AvgIpc) is 2.57. The summed E-state index contributed by atoms with van der Waals surface area (Å²) in [5.41, 5.74) is 2.70. The molecule has 2 amide bonds. The summed E-state index contributed by atoms with van der Waals surface area (Å²) in [6, 6.07) is 6.48. The minimum atomic E-state index is -0.862. The van der Waals surface area contributed by atoms with Gasteiger partial charge in [-0.2, -0.15) is 5.06 Å². The molecule has 3 N–H and O–H groups in total. The van der Waals surface area contributed by atoms with Crippen LogP contribution in [0.4, 0.5) is 4.79 Å². The standard InChI is InChI=1S/C18H24N2O5/c1-13(2)10-14(3)11-20(24)18(23)25-12-15-4-6-16(7-5-15)17(22)19-8-9-21/h4-7,10,21,24H,1,8-9,11-12H2,2-3H3,(H,19,22)/b14-10-. The lowest BCUT2D eigenvalue weighted by Crippen LogP contribution is -2.29. The summed E-state index contributed by atoms with van der Waals surface area (Å²) in [5.74, 6) is -0.293. The molecule has 0 radical (unpaired) electrons. The highest BCUT2D eigenvalue weighted by atomic mass is 16.6. The molecule has 1 aromatic rings. The first kappa shape index (κ1) is 20.4. The maximum atomic E-state index is 11.7. The lowest BCUT2D eigenvalue weighted by atomic mass is 10.1. The number of hydroxylamine groups is 2. The van der Waals surface area contributed by atoms with Crippen LogP contribution in [0, 0.1) is 0 Å². The first-order valence-electron chi connectivity index (χ1n) is 7.77. The first-order valence-corrected chi connectivity index (χ1v) is 7.77. The van der Waals surface area contributed by atoms with Crippen LogP contribution in [0.3, 0.4) is 0 Å². The van der Waals surface area contributed by atoms with E-state index < -0.39 is 6.09 Å². The summed E-state index contributed by atoms with van der Waals surface area (Å²) >= 11 is 0. The van der Waals surface area contributed by atoms with E-state index in [-0.39, 0.29) is 32.2 Å². The number of nitrogens with one attached hydrogen (secondary N) is 1. The Morgan fingerprint density at radius 2 is 1.92 bits per heavy atom. The van der Waals surface area contributed by atoms with E-state index in [0.29, 0.717) is 16.2 Å². The van der Waals surface area contributed by atoms with E-state index in [2.05, 4.69) is 11.9 Å². The summed E-state index contributed by atoms with van der Waals surface area (Å²) in [6.07, 6.45) is 0.899. The van der Waals surface area contributed by atoms with E-state index in [1.54, 1.807) is 37.3 Å². The molecular formula is C18H24N2O5. The molecule has 0 spiro atoms. The topological polar surface area (TPSA) is 99.1 Å². The lowest BCUT2D eigenvalue weighted by Gasteiger charge is -2.15. The minimum Gasteiger partial charge on any atom is -0.443 e. The number of hydrogen-bond donors (Lipinski definition) is 3. The van der Waals surface area contributed by atoms with Gasteiger partial charge in [0.25, 0.3) is 5.91 Å². The van der Waals surface area contributed by atoms with Gasteiger partial charge in [0.1, 0.15) is 6.61 Å². The largest absolute Gasteiger partial charge is 0.443 e. The third-order valence-corrected chi connectivity index (χ3v) is 3.08. The van der Waals surface area contributed by atoms with Crippen LogP contribution in [-0.4, -0.2) is 47.1 Å². The second-order valence-electron chi connectivity index (χ2n) is 5.63. The van der Waals surface area contributed by atoms with E-state index in [1.165, 1.54) is 0 Å². The molecule has 0 aliphatic rings. The molecule has 0 unspecified atom stereocenters. The Balaban J connectivity index is 2.50. The van der Waals surface area contributed by atoms with Crippen LogP contribution in [0.25, 0.3) is 0 Å². The summed E-state index contributed by atoms with van der Waals surface area (Å²) in [4.78, 5) is 23.4. The van der Waals surface area contributed by atoms with Crippen molar-refractivity contribution in [2.75, 3.05) is 19.7 Å². The van der Waals surface area contributed by atoms with Gasteiger partial charge in [0.05, 0.1) is 13.2 Å². The number of carbonyl (C=O) groups excluding carboxylic acids is 2. The molecule has 25 heavy (non-hydrogen) atoms. The fourth-order valence-corrected chi connectivity index (χ4v) is 2.01. The Hall–Kier alpha value is -2.64. The predicted molar refractivity (Wildman–Crippen MR) is 93.1 cm³/mol. The van der Waals surface area contributed by atoms with Crippen LogP contribution in [0.5, 0.6) is 0 Å². The Kier molecular flexibility index (Phi) is 8.38. The Labute approximate surface area is 147 Å². The highest BCUT2D eigenvalue weighted by Gasteiger charge is 2.13. The van der Waals surface area contributed by atoms with Crippen molar-refractivity contribution in [2.24, 2.45) is 0 Å². The van der Waals surface area contributed by atoms with E-state index in [1.807, 2.05) is 6.92 Å². The smallest absolute Gasteiger partial charge is 0.434 e. The van der Waals surface area contributed by atoms with Crippen LogP contribution in [0.15, 0.2) is 48.1 Å². The van der Waals surface area contributed by atoms with Crippen LogP contribution in [0.2, 0.25) is 0 Å². The van der Waals surface area contributed by atoms with Crippen molar-refractivity contribution in [1.29, 1.82) is 0 Å². The number of carbonyl (C=O) groups is 2. The normalized spacial score (nSPS) is 11.0. The monoisotopic (exact) mass is 348 g/mol. The van der Waals surface area contributed by atoms with Crippen molar-refractivity contribution < 1.29 is 24.6 Å². The van der Waals surface area contributed by atoms with Gasteiger partial charge in [-0.3, -0.25) is 10.0 Å². The number of aliphatic hydroxyl groups is 1. The SMILES string of the molecule is C=C(C)/C=C(/C)CN(O)C(=O)OCc1ccc(C(=O)NCCO)cc1. The molecule has 0 fully saturated rings. The third-order valence-electron chi connectivity index (χ3n) is 3.08. The molecule has 0 atom stereocenters. The molecule has 0 aliphatic carbocycles. The maximum Gasteiger partial charge on any atom is 0.434 e. The van der Waals surface area contributed by atoms with E-state index in [0.717, 1.165) is 11.1 Å². The van der Waals surface area contributed by atoms with Crippen molar-refractivity contribution in [2.45, 2.75) is 20.5 Å². The zero-order chi connectivity index (χ0) is 18.8. The second kappa shape index (κ2) is 10.3. The van der Waals surface area contributed by atoms with Gasteiger partial charge in [-0.05, 0) is 31.5 Å². The minimum absolute atomic E-state index is 0.0235. The highest BCUT2D eigenvalue weighted by Crippen LogP contribution is 2.08. The van der Waals surface area contributed by atoms with Gasteiger partial charge < -0.3 is 15.2 Å². The van der Waals surface area contributed by atoms with Crippen molar-refractivity contribution in [1.82, 2.24) is 10.4 Å². The van der Waals surface area contributed by atoms with Gasteiger partial charge in [-0.25, -0.2) is 4.79 Å². The molecule has 0 aromatic heterocycles. The molecule has 0 saturated carbocycles. The zero-order valence-electron chi connectivity index (χ0n) is 14.5. The summed E-state index contributed by atoms with van der Waals surface area (Å²) in [6.45, 7) is 7.36. The van der Waals surface area contributed by atoms with Crippen molar-refractivity contribution >= 4 is 12.0 Å². The highest BCUT2D eigenvalue weighted by molar-refractivity contribution is 5.94. The third kappa shape index (κ3) is 7.65. The Morgan fingerprint density at radius 3 is 2.48 bits per heavy atom. The van der Waals surface area contributed by atoms with Gasteiger partial charge in [-0.15, -0.1) is 0 Å². The molecule has 0 saturated heterocycles. The number of ether oxygens (including phenoxy) is 1. The molecule has 0 heterocycles. The molecule has 7 nitrogen and oxygen atoms in total. The molecular weight excluding hydrogens is 324 g/mol. The summed E-state index contributed by atoms with van der Waals surface area (Å²) < 4.78 is 5.01. The average molecular weight is 348 g/mol. The fourth-order valence-electron chi connectivity index (χ4n) is 2.01. The van der Waals surface area contributed by atoms with Gasteiger partial charge in [0.15, 0.2) is 0 Å². The number of benzene rings is 1. The number of allylic oxidation sites excluding steroid dienone is 2. The van der Waals surface area contributed by atoms with Gasteiger partial charge in [-0.1, -0.05) is 35.9 Å². The summed E-state index contributed by atoms with van der Waals surface area (Å²) in [7, 11) is 0. The number of amides is 2. The molecule has 1 aromatic carbocycles. The second-order valence-corrected chi connectivity index (χ2v) is 5.63. The van der Waals surface area contributed by atoms with Crippen molar-refractivity contribution in [3.63, 3.8) is 0 Å². The molecule has 1 rings (SSSR count). The van der Waals surface area contributed by atoms with E-state index in [4.69, 9.17) is 9.84 Å². The Morgan fingerprint density at radius 1 is 1.28 bits per heavy atom. The van der Waals surface area contributed by atoms with Crippen molar-refractivity contribution in [3.05, 3.63) is 59.2 Å². The van der Waals surface area contributed by atoms with E-state index >= 15 is 0 Å². The van der Waals surface area contributed by atoms with Gasteiger partial charge in [0.2, 0.25) is 0 Å². The summed E-state index contributed by atoms with van der Waals surface area (Å²) in [5, 5.41) is 21.4. The number of aliphatic hydroxyl groups excluding tert-OH is 1. The molecule has 136 valence electrons. The Bertz CT molecular complexity index is 637. The number of hydrogen-bond acceptors (Lipinski definition) is 5. The van der Waals surface area contributed by atoms with Gasteiger partial charge >= 0.3 is 6.09 Å². The molecule has 7 heteroatoms. The number of nitrogens with zero attached hydrogens (tertiary/aromatic N) is 1. The molecule has 0 aliphatic heterocycles. The number of rotatable bonds is 8. The lowest BCUT2D eigenvalue weighted by molar-refractivity contribution is -0.0691. The first-order chi connectivity index (χ1) is 11.8. The van der Waals surface area contributed by atoms with Crippen LogP contribution >= 0.6 is 0 Å². The van der Waals surface area contributed by atoms with Crippen LogP contribution < -0.4 is 5.32 Å².